The summed E-state index contributed by atoms with van der Waals surface area (Å²) in [6.45, 7) is 4.12. The van der Waals surface area contributed by atoms with Crippen molar-refractivity contribution in [2.45, 2.75) is 13.3 Å². The van der Waals surface area contributed by atoms with Crippen LogP contribution < -0.4 is 4.90 Å². The number of benzene rings is 2. The molecule has 1 aliphatic rings. The number of hydrogen-bond donors (Lipinski definition) is 0. The van der Waals surface area contributed by atoms with Crippen molar-refractivity contribution in [2.75, 3.05) is 37.7 Å². The lowest BCUT2D eigenvalue weighted by Gasteiger charge is -2.36. The Morgan fingerprint density at radius 3 is 2.33 bits per heavy atom. The predicted octanol–water partition coefficient (Wildman–Crippen LogP) is 2.57. The molecule has 1 fully saturated rings. The van der Waals surface area contributed by atoms with E-state index in [4.69, 9.17) is 4.74 Å². The Kier molecular flexibility index (Phi) is 6.06. The van der Waals surface area contributed by atoms with Gasteiger partial charge in [-0.05, 0) is 42.3 Å². The Hall–Kier alpha value is -2.89. The van der Waals surface area contributed by atoms with Gasteiger partial charge in [0.15, 0.2) is 6.61 Å². The minimum absolute atomic E-state index is 0.165. The monoisotopic (exact) mass is 370 g/mol. The van der Waals surface area contributed by atoms with Crippen LogP contribution >= 0.6 is 0 Å². The van der Waals surface area contributed by atoms with Crippen LogP contribution in [0.3, 0.4) is 0 Å². The van der Waals surface area contributed by atoms with Crippen molar-refractivity contribution in [1.29, 1.82) is 0 Å². The lowest BCUT2D eigenvalue weighted by atomic mass is 10.1. The number of halogens is 1. The zero-order chi connectivity index (χ0) is 19.2. The number of carbonyl (C=O) groups excluding carboxylic acids is 2. The summed E-state index contributed by atoms with van der Waals surface area (Å²) in [4.78, 5) is 28.1. The van der Waals surface area contributed by atoms with Crippen LogP contribution in [0.4, 0.5) is 10.1 Å². The minimum atomic E-state index is -0.400. The molecule has 6 heteroatoms. The Bertz CT molecular complexity index is 799. The van der Waals surface area contributed by atoms with Gasteiger partial charge in [-0.15, -0.1) is 0 Å². The summed E-state index contributed by atoms with van der Waals surface area (Å²) in [5.41, 5.74) is 2.87. The zero-order valence-electron chi connectivity index (χ0n) is 15.4. The lowest BCUT2D eigenvalue weighted by Crippen LogP contribution is -2.50. The van der Waals surface area contributed by atoms with E-state index in [0.717, 1.165) is 16.8 Å². The third-order valence-corrected chi connectivity index (χ3v) is 4.78. The molecule has 0 aromatic heterocycles. The van der Waals surface area contributed by atoms with Crippen molar-refractivity contribution >= 4 is 17.6 Å². The third kappa shape index (κ3) is 5.06. The topological polar surface area (TPSA) is 49.9 Å². The molecule has 0 unspecified atom stereocenters. The fraction of sp³-hybridized carbons (Fsp3) is 0.333. The number of nitrogens with zero attached hydrogens (tertiary/aromatic N) is 2. The highest BCUT2D eigenvalue weighted by molar-refractivity contribution is 5.81. The molecule has 3 rings (SSSR count). The Labute approximate surface area is 158 Å². The number of anilines is 1. The Morgan fingerprint density at radius 2 is 1.67 bits per heavy atom. The first kappa shape index (κ1) is 18.9. The summed E-state index contributed by atoms with van der Waals surface area (Å²) >= 11 is 0. The highest BCUT2D eigenvalue weighted by Crippen LogP contribution is 2.17. The summed E-state index contributed by atoms with van der Waals surface area (Å²) in [6, 6.07) is 13.9. The molecule has 2 aromatic carbocycles. The van der Waals surface area contributed by atoms with Gasteiger partial charge in [0.25, 0.3) is 5.91 Å². The molecule has 27 heavy (non-hydrogen) atoms. The summed E-state index contributed by atoms with van der Waals surface area (Å²) in [6.07, 6.45) is 0.165. The number of amides is 1. The van der Waals surface area contributed by atoms with E-state index >= 15 is 0 Å². The molecule has 0 aliphatic carbocycles. The van der Waals surface area contributed by atoms with Crippen molar-refractivity contribution in [3.05, 3.63) is 65.5 Å². The van der Waals surface area contributed by atoms with Crippen LogP contribution in [-0.2, 0) is 20.7 Å². The van der Waals surface area contributed by atoms with Gasteiger partial charge in [0.2, 0.25) is 0 Å². The number of ether oxygens (including phenoxy) is 1. The van der Waals surface area contributed by atoms with Crippen molar-refractivity contribution < 1.29 is 18.7 Å². The molecule has 0 spiro atoms. The first-order valence-electron chi connectivity index (χ1n) is 9.01. The van der Waals surface area contributed by atoms with E-state index < -0.39 is 5.97 Å². The minimum Gasteiger partial charge on any atom is -0.455 e. The molecule has 142 valence electrons. The van der Waals surface area contributed by atoms with Gasteiger partial charge >= 0.3 is 5.97 Å². The molecule has 1 amide bonds. The molecule has 1 heterocycles. The quantitative estimate of drug-likeness (QED) is 0.759. The van der Waals surface area contributed by atoms with Gasteiger partial charge in [-0.1, -0.05) is 24.3 Å². The first-order valence-corrected chi connectivity index (χ1v) is 9.01. The summed E-state index contributed by atoms with van der Waals surface area (Å²) in [5, 5.41) is 0. The lowest BCUT2D eigenvalue weighted by molar-refractivity contribution is -0.151. The molecule has 1 saturated heterocycles. The second-order valence-corrected chi connectivity index (χ2v) is 6.61. The fourth-order valence-corrected chi connectivity index (χ4v) is 3.11. The summed E-state index contributed by atoms with van der Waals surface area (Å²) in [7, 11) is 0. The van der Waals surface area contributed by atoms with E-state index in [9.17, 15) is 14.0 Å². The van der Waals surface area contributed by atoms with Gasteiger partial charge < -0.3 is 14.5 Å². The van der Waals surface area contributed by atoms with Gasteiger partial charge in [-0.2, -0.15) is 0 Å². The second-order valence-electron chi connectivity index (χ2n) is 6.61. The standard InChI is InChI=1S/C21H23FN2O3/c1-16-4-2-3-5-17(16)14-21(26)27-15-20(25)24-12-10-23(11-13-24)19-8-6-18(22)7-9-19/h2-9H,10-15H2,1H3. The van der Waals surface area contributed by atoms with Gasteiger partial charge in [0.1, 0.15) is 5.82 Å². The third-order valence-electron chi connectivity index (χ3n) is 4.78. The Morgan fingerprint density at radius 1 is 1.00 bits per heavy atom. The van der Waals surface area contributed by atoms with Crippen molar-refractivity contribution in [3.63, 3.8) is 0 Å². The molecule has 5 nitrogen and oxygen atoms in total. The van der Waals surface area contributed by atoms with Crippen LogP contribution in [0.15, 0.2) is 48.5 Å². The van der Waals surface area contributed by atoms with Crippen LogP contribution in [0.25, 0.3) is 0 Å². The maximum absolute atomic E-state index is 13.0. The van der Waals surface area contributed by atoms with Crippen molar-refractivity contribution in [1.82, 2.24) is 4.90 Å². The van der Waals surface area contributed by atoms with Crippen molar-refractivity contribution in [2.24, 2.45) is 0 Å². The van der Waals surface area contributed by atoms with Gasteiger partial charge in [0.05, 0.1) is 6.42 Å². The second kappa shape index (κ2) is 8.66. The van der Waals surface area contributed by atoms with Crippen LogP contribution in [-0.4, -0.2) is 49.6 Å². The van der Waals surface area contributed by atoms with E-state index in [2.05, 4.69) is 4.90 Å². The number of hydrogen-bond acceptors (Lipinski definition) is 4. The molecule has 0 radical (unpaired) electrons. The van der Waals surface area contributed by atoms with Crippen LogP contribution in [0.5, 0.6) is 0 Å². The molecule has 0 atom stereocenters. The van der Waals surface area contributed by atoms with E-state index in [1.165, 1.54) is 12.1 Å². The first-order chi connectivity index (χ1) is 13.0. The highest BCUT2D eigenvalue weighted by Gasteiger charge is 2.22. The number of rotatable bonds is 5. The molecule has 0 saturated carbocycles. The predicted molar refractivity (Wildman–Crippen MR) is 101 cm³/mol. The highest BCUT2D eigenvalue weighted by atomic mass is 19.1. The largest absolute Gasteiger partial charge is 0.455 e. The average molecular weight is 370 g/mol. The zero-order valence-corrected chi connectivity index (χ0v) is 15.4. The number of carbonyl (C=O) groups is 2. The fourth-order valence-electron chi connectivity index (χ4n) is 3.11. The van der Waals surface area contributed by atoms with Crippen LogP contribution in [0.1, 0.15) is 11.1 Å². The van der Waals surface area contributed by atoms with E-state index in [1.54, 1.807) is 17.0 Å². The molecular formula is C21H23FN2O3. The van der Waals surface area contributed by atoms with E-state index in [-0.39, 0.29) is 24.8 Å². The molecule has 2 aromatic rings. The number of piperazine rings is 1. The molecule has 0 N–H and O–H groups in total. The average Bonchev–Trinajstić information content (AvgIpc) is 2.69. The van der Waals surface area contributed by atoms with Gasteiger partial charge in [-0.25, -0.2) is 4.39 Å². The Balaban J connectivity index is 1.43. The maximum Gasteiger partial charge on any atom is 0.310 e. The van der Waals surface area contributed by atoms with Crippen molar-refractivity contribution in [3.8, 4) is 0 Å². The number of aryl methyl sites for hydroxylation is 1. The SMILES string of the molecule is Cc1ccccc1CC(=O)OCC(=O)N1CCN(c2ccc(F)cc2)CC1. The molecule has 1 aliphatic heterocycles. The maximum atomic E-state index is 13.0. The van der Waals surface area contributed by atoms with E-state index in [0.29, 0.717) is 26.2 Å². The van der Waals surface area contributed by atoms with Gasteiger partial charge in [0, 0.05) is 31.9 Å². The summed E-state index contributed by atoms with van der Waals surface area (Å²) < 4.78 is 18.2. The number of esters is 1. The smallest absolute Gasteiger partial charge is 0.310 e. The normalized spacial score (nSPS) is 14.1. The van der Waals surface area contributed by atoms with Crippen LogP contribution in [0, 0.1) is 12.7 Å². The molecule has 0 bridgehead atoms. The summed E-state index contributed by atoms with van der Waals surface area (Å²) in [5.74, 6) is -0.852. The van der Waals surface area contributed by atoms with Gasteiger partial charge in [-0.3, -0.25) is 9.59 Å². The van der Waals surface area contributed by atoms with Crippen LogP contribution in [0.2, 0.25) is 0 Å². The van der Waals surface area contributed by atoms with E-state index in [1.807, 2.05) is 31.2 Å². The molecular weight excluding hydrogens is 347 g/mol.